The summed E-state index contributed by atoms with van der Waals surface area (Å²) < 4.78 is 0. The quantitative estimate of drug-likeness (QED) is 0.756. The molecule has 0 fully saturated rings. The first-order chi connectivity index (χ1) is 8.75. The van der Waals surface area contributed by atoms with E-state index in [2.05, 4.69) is 48.4 Å². The van der Waals surface area contributed by atoms with Crippen molar-refractivity contribution in [2.75, 3.05) is 11.9 Å². The standard InChI is InChI=1S/C16H22N2/c1-13(2)7-5-6-12-17-16-11-10-14-8-3-4-9-15(14)18-16/h3-4,8-11,13H,5-7,12H2,1-2H3,(H,17,18). The highest BCUT2D eigenvalue weighted by molar-refractivity contribution is 5.79. The molecule has 0 unspecified atom stereocenters. The summed E-state index contributed by atoms with van der Waals surface area (Å²) in [6.07, 6.45) is 3.82. The maximum Gasteiger partial charge on any atom is 0.126 e. The molecular weight excluding hydrogens is 220 g/mol. The molecule has 0 aliphatic heterocycles. The van der Waals surface area contributed by atoms with E-state index in [0.29, 0.717) is 0 Å². The molecule has 1 aromatic carbocycles. The molecule has 18 heavy (non-hydrogen) atoms. The van der Waals surface area contributed by atoms with Crippen LogP contribution in [0, 0.1) is 5.92 Å². The number of unbranched alkanes of at least 4 members (excludes halogenated alkanes) is 1. The Morgan fingerprint density at radius 2 is 1.89 bits per heavy atom. The zero-order valence-electron chi connectivity index (χ0n) is 11.3. The summed E-state index contributed by atoms with van der Waals surface area (Å²) in [6.45, 7) is 5.56. The highest BCUT2D eigenvalue weighted by atomic mass is 15.0. The van der Waals surface area contributed by atoms with Gasteiger partial charge in [-0.05, 0) is 30.5 Å². The lowest BCUT2D eigenvalue weighted by Crippen LogP contribution is -2.03. The minimum Gasteiger partial charge on any atom is -0.370 e. The fourth-order valence-electron chi connectivity index (χ4n) is 2.06. The average molecular weight is 242 g/mol. The van der Waals surface area contributed by atoms with Gasteiger partial charge in [0.05, 0.1) is 5.52 Å². The van der Waals surface area contributed by atoms with E-state index in [-0.39, 0.29) is 0 Å². The minimum atomic E-state index is 0.809. The number of nitrogens with zero attached hydrogens (tertiary/aromatic N) is 1. The maximum atomic E-state index is 4.60. The number of aromatic nitrogens is 1. The molecule has 96 valence electrons. The minimum absolute atomic E-state index is 0.809. The number of anilines is 1. The molecule has 2 heteroatoms. The molecule has 0 spiro atoms. The first-order valence-corrected chi connectivity index (χ1v) is 6.85. The molecule has 1 aromatic heterocycles. The number of nitrogens with one attached hydrogen (secondary N) is 1. The van der Waals surface area contributed by atoms with Crippen LogP contribution in [0.2, 0.25) is 0 Å². The third kappa shape index (κ3) is 3.73. The molecule has 0 saturated carbocycles. The second-order valence-electron chi connectivity index (χ2n) is 5.21. The van der Waals surface area contributed by atoms with Gasteiger partial charge in [0.25, 0.3) is 0 Å². The fourth-order valence-corrected chi connectivity index (χ4v) is 2.06. The summed E-state index contributed by atoms with van der Waals surface area (Å²) in [6, 6.07) is 12.4. The number of pyridine rings is 1. The number of rotatable bonds is 6. The summed E-state index contributed by atoms with van der Waals surface area (Å²) in [4.78, 5) is 4.60. The molecule has 0 aliphatic carbocycles. The van der Waals surface area contributed by atoms with Crippen LogP contribution in [0.4, 0.5) is 5.82 Å². The van der Waals surface area contributed by atoms with E-state index < -0.39 is 0 Å². The number of para-hydroxylation sites is 1. The van der Waals surface area contributed by atoms with Crippen molar-refractivity contribution in [2.45, 2.75) is 33.1 Å². The second kappa shape index (κ2) is 6.39. The van der Waals surface area contributed by atoms with Crippen LogP contribution in [-0.2, 0) is 0 Å². The Labute approximate surface area is 109 Å². The zero-order chi connectivity index (χ0) is 12.8. The van der Waals surface area contributed by atoms with E-state index in [1.54, 1.807) is 0 Å². The Morgan fingerprint density at radius 3 is 2.72 bits per heavy atom. The summed E-state index contributed by atoms with van der Waals surface area (Å²) in [5.41, 5.74) is 1.06. The summed E-state index contributed by atoms with van der Waals surface area (Å²) >= 11 is 0. The number of hydrogen-bond donors (Lipinski definition) is 1. The van der Waals surface area contributed by atoms with Crippen molar-refractivity contribution < 1.29 is 0 Å². The summed E-state index contributed by atoms with van der Waals surface area (Å²) in [5, 5.41) is 4.60. The van der Waals surface area contributed by atoms with Crippen molar-refractivity contribution >= 4 is 16.7 Å². The van der Waals surface area contributed by atoms with Gasteiger partial charge in [-0.3, -0.25) is 0 Å². The molecule has 2 nitrogen and oxygen atoms in total. The Bertz CT molecular complexity index is 491. The predicted octanol–water partition coefficient (Wildman–Crippen LogP) is 4.47. The molecule has 0 aliphatic rings. The SMILES string of the molecule is CC(C)CCCCNc1ccc2ccccc2n1. The van der Waals surface area contributed by atoms with Crippen molar-refractivity contribution in [3.8, 4) is 0 Å². The molecule has 0 amide bonds. The van der Waals surface area contributed by atoms with E-state index in [0.717, 1.165) is 23.8 Å². The predicted molar refractivity (Wildman–Crippen MR) is 78.9 cm³/mol. The van der Waals surface area contributed by atoms with Crippen molar-refractivity contribution in [1.82, 2.24) is 4.98 Å². The number of fused-ring (bicyclic) bond motifs is 1. The maximum absolute atomic E-state index is 4.60. The molecule has 2 aromatic rings. The molecular formula is C16H22N2. The molecule has 1 heterocycles. The third-order valence-corrected chi connectivity index (χ3v) is 3.11. The smallest absolute Gasteiger partial charge is 0.126 e. The van der Waals surface area contributed by atoms with Crippen LogP contribution in [0.15, 0.2) is 36.4 Å². The van der Waals surface area contributed by atoms with Crippen LogP contribution in [0.5, 0.6) is 0 Å². The molecule has 0 bridgehead atoms. The van der Waals surface area contributed by atoms with Crippen molar-refractivity contribution in [3.05, 3.63) is 36.4 Å². The van der Waals surface area contributed by atoms with Crippen molar-refractivity contribution in [2.24, 2.45) is 5.92 Å². The summed E-state index contributed by atoms with van der Waals surface area (Å²) in [5.74, 6) is 1.79. The Morgan fingerprint density at radius 1 is 1.06 bits per heavy atom. The van der Waals surface area contributed by atoms with Gasteiger partial charge < -0.3 is 5.32 Å². The zero-order valence-corrected chi connectivity index (χ0v) is 11.3. The van der Waals surface area contributed by atoms with Gasteiger partial charge in [0.2, 0.25) is 0 Å². The monoisotopic (exact) mass is 242 g/mol. The van der Waals surface area contributed by atoms with Gasteiger partial charge in [0, 0.05) is 11.9 Å². The van der Waals surface area contributed by atoms with Gasteiger partial charge in [-0.15, -0.1) is 0 Å². The van der Waals surface area contributed by atoms with Crippen LogP contribution in [0.25, 0.3) is 10.9 Å². The van der Waals surface area contributed by atoms with Gasteiger partial charge in [0.1, 0.15) is 5.82 Å². The highest BCUT2D eigenvalue weighted by Crippen LogP contribution is 2.14. The Hall–Kier alpha value is -1.57. The molecule has 2 rings (SSSR count). The largest absolute Gasteiger partial charge is 0.370 e. The second-order valence-corrected chi connectivity index (χ2v) is 5.21. The molecule has 0 saturated heterocycles. The van der Waals surface area contributed by atoms with E-state index in [4.69, 9.17) is 0 Å². The fraction of sp³-hybridized carbons (Fsp3) is 0.438. The van der Waals surface area contributed by atoms with E-state index in [1.165, 1.54) is 24.6 Å². The van der Waals surface area contributed by atoms with Gasteiger partial charge >= 0.3 is 0 Å². The van der Waals surface area contributed by atoms with Gasteiger partial charge in [-0.1, -0.05) is 44.9 Å². The first-order valence-electron chi connectivity index (χ1n) is 6.85. The summed E-state index contributed by atoms with van der Waals surface area (Å²) in [7, 11) is 0. The number of benzene rings is 1. The topological polar surface area (TPSA) is 24.9 Å². The van der Waals surface area contributed by atoms with Crippen LogP contribution in [-0.4, -0.2) is 11.5 Å². The molecule has 0 radical (unpaired) electrons. The molecule has 1 N–H and O–H groups in total. The van der Waals surface area contributed by atoms with Crippen molar-refractivity contribution in [1.29, 1.82) is 0 Å². The Kier molecular flexibility index (Phi) is 4.57. The first kappa shape index (κ1) is 12.9. The van der Waals surface area contributed by atoms with Crippen molar-refractivity contribution in [3.63, 3.8) is 0 Å². The van der Waals surface area contributed by atoms with E-state index in [9.17, 15) is 0 Å². The van der Waals surface area contributed by atoms with Gasteiger partial charge in [-0.2, -0.15) is 0 Å². The van der Waals surface area contributed by atoms with Crippen LogP contribution in [0.1, 0.15) is 33.1 Å². The van der Waals surface area contributed by atoms with Gasteiger partial charge in [-0.25, -0.2) is 4.98 Å². The van der Waals surface area contributed by atoms with Crippen LogP contribution >= 0.6 is 0 Å². The van der Waals surface area contributed by atoms with E-state index in [1.807, 2.05) is 12.1 Å². The lowest BCUT2D eigenvalue weighted by atomic mass is 10.1. The molecule has 0 atom stereocenters. The third-order valence-electron chi connectivity index (χ3n) is 3.11. The van der Waals surface area contributed by atoms with Crippen LogP contribution in [0.3, 0.4) is 0 Å². The lowest BCUT2D eigenvalue weighted by Gasteiger charge is -2.07. The Balaban J connectivity index is 1.84. The number of hydrogen-bond acceptors (Lipinski definition) is 2. The van der Waals surface area contributed by atoms with Crippen LogP contribution < -0.4 is 5.32 Å². The highest BCUT2D eigenvalue weighted by Gasteiger charge is 1.98. The van der Waals surface area contributed by atoms with E-state index >= 15 is 0 Å². The lowest BCUT2D eigenvalue weighted by molar-refractivity contribution is 0.544. The normalized spacial score (nSPS) is 11.1. The average Bonchev–Trinajstić information content (AvgIpc) is 2.38. The van der Waals surface area contributed by atoms with Gasteiger partial charge in [0.15, 0.2) is 0 Å².